The Morgan fingerprint density at radius 1 is 1.06 bits per heavy atom. The topological polar surface area (TPSA) is 106 Å². The lowest BCUT2D eigenvalue weighted by Gasteiger charge is -2.43. The zero-order chi connectivity index (χ0) is 24.1. The van der Waals surface area contributed by atoms with Crippen molar-refractivity contribution in [3.63, 3.8) is 0 Å². The monoisotopic (exact) mass is 474 g/mol. The average Bonchev–Trinajstić information content (AvgIpc) is 3.56. The van der Waals surface area contributed by atoms with Crippen molar-refractivity contribution in [2.75, 3.05) is 13.1 Å². The van der Waals surface area contributed by atoms with E-state index in [1.807, 2.05) is 49.6 Å². The highest BCUT2D eigenvalue weighted by atomic mass is 16.3. The molecule has 0 bridgehead atoms. The summed E-state index contributed by atoms with van der Waals surface area (Å²) >= 11 is 0. The maximum atomic E-state index is 12.5. The van der Waals surface area contributed by atoms with Crippen LogP contribution in [0.2, 0.25) is 0 Å². The largest absolute Gasteiger partial charge is 0.393 e. The first-order valence-corrected chi connectivity index (χ1v) is 12.4. The predicted molar refractivity (Wildman–Crippen MR) is 129 cm³/mol. The minimum Gasteiger partial charge on any atom is -0.393 e. The number of likely N-dealkylation sites (tertiary alicyclic amines) is 1. The van der Waals surface area contributed by atoms with Gasteiger partial charge in [0.15, 0.2) is 0 Å². The Balaban J connectivity index is 1.23. The maximum Gasteiger partial charge on any atom is 0.226 e. The smallest absolute Gasteiger partial charge is 0.226 e. The SMILES string of the molecule is CCC(CC)n1cc(-c2nc(-c3cnn(C4CN(C(=O)[C@H]5C[C@H](O)C5)C4)c3)cn3nccc23)cn1. The van der Waals surface area contributed by atoms with Crippen molar-refractivity contribution >= 4 is 11.4 Å². The fourth-order valence-corrected chi connectivity index (χ4v) is 5.12. The molecule has 0 atom stereocenters. The molecule has 1 saturated heterocycles. The number of carbonyl (C=O) groups excluding carboxylic acids is 1. The van der Waals surface area contributed by atoms with Crippen molar-refractivity contribution in [3.05, 3.63) is 43.2 Å². The van der Waals surface area contributed by atoms with Crippen LogP contribution in [-0.4, -0.2) is 69.3 Å². The maximum absolute atomic E-state index is 12.5. The third-order valence-electron chi connectivity index (χ3n) is 7.49. The van der Waals surface area contributed by atoms with Crippen LogP contribution in [0.4, 0.5) is 0 Å². The second-order valence-corrected chi connectivity index (χ2v) is 9.74. The van der Waals surface area contributed by atoms with E-state index in [4.69, 9.17) is 4.98 Å². The van der Waals surface area contributed by atoms with Crippen molar-refractivity contribution in [2.24, 2.45) is 5.92 Å². The van der Waals surface area contributed by atoms with Gasteiger partial charge in [0.05, 0.1) is 59.9 Å². The van der Waals surface area contributed by atoms with Gasteiger partial charge in [0, 0.05) is 42.5 Å². The summed E-state index contributed by atoms with van der Waals surface area (Å²) in [5.74, 6) is 0.139. The molecule has 0 spiro atoms. The molecule has 10 nitrogen and oxygen atoms in total. The minimum atomic E-state index is -0.312. The standard InChI is InChI=1S/C25H30N8O2/c1-3-19(4-2)31-12-18(10-28-31)24-23-5-6-26-33(23)15-22(29-24)17-9-27-32(11-17)20-13-30(14-20)25(35)16-7-21(34)8-16/h5-6,9-12,15-16,19-21,34H,3-4,7-8,13-14H2,1-2H3/t16-,21-. The molecule has 0 radical (unpaired) electrons. The summed E-state index contributed by atoms with van der Waals surface area (Å²) < 4.78 is 5.80. The normalized spacial score (nSPS) is 20.4. The number of hydrogen-bond acceptors (Lipinski definition) is 6. The number of carbonyl (C=O) groups is 1. The van der Waals surface area contributed by atoms with E-state index in [0.717, 1.165) is 40.9 Å². The first-order valence-electron chi connectivity index (χ1n) is 12.4. The van der Waals surface area contributed by atoms with Crippen molar-refractivity contribution in [3.8, 4) is 22.5 Å². The Kier molecular flexibility index (Phi) is 5.40. The molecule has 2 fully saturated rings. The van der Waals surface area contributed by atoms with Crippen molar-refractivity contribution in [2.45, 2.75) is 57.7 Å². The number of hydrogen-bond donors (Lipinski definition) is 1. The van der Waals surface area contributed by atoms with Gasteiger partial charge in [-0.1, -0.05) is 13.8 Å². The number of nitrogens with zero attached hydrogens (tertiary/aromatic N) is 8. The molecule has 1 N–H and O–H groups in total. The molecular weight excluding hydrogens is 444 g/mol. The van der Waals surface area contributed by atoms with Crippen LogP contribution in [0.3, 0.4) is 0 Å². The molecule has 2 aliphatic rings. The van der Waals surface area contributed by atoms with Crippen LogP contribution in [0.15, 0.2) is 43.2 Å². The fraction of sp³-hybridized carbons (Fsp3) is 0.480. The molecule has 0 unspecified atom stereocenters. The lowest BCUT2D eigenvalue weighted by Crippen LogP contribution is -2.55. The quantitative estimate of drug-likeness (QED) is 0.441. The van der Waals surface area contributed by atoms with Gasteiger partial charge >= 0.3 is 0 Å². The molecule has 4 aromatic heterocycles. The van der Waals surface area contributed by atoms with E-state index in [-0.39, 0.29) is 24.0 Å². The molecule has 6 rings (SSSR count). The Labute approximate surface area is 203 Å². The van der Waals surface area contributed by atoms with E-state index in [0.29, 0.717) is 32.0 Å². The lowest BCUT2D eigenvalue weighted by molar-refractivity contribution is -0.148. The summed E-state index contributed by atoms with van der Waals surface area (Å²) in [5.41, 5.74) is 4.43. The molecule has 4 aromatic rings. The van der Waals surface area contributed by atoms with Crippen LogP contribution in [0.5, 0.6) is 0 Å². The van der Waals surface area contributed by atoms with Gasteiger partial charge in [0.25, 0.3) is 0 Å². The summed E-state index contributed by atoms with van der Waals surface area (Å²) in [6.07, 6.45) is 14.4. The lowest BCUT2D eigenvalue weighted by atomic mass is 9.81. The van der Waals surface area contributed by atoms with Crippen molar-refractivity contribution < 1.29 is 9.90 Å². The zero-order valence-corrected chi connectivity index (χ0v) is 20.0. The summed E-state index contributed by atoms with van der Waals surface area (Å²) in [4.78, 5) is 19.3. The molecule has 10 heteroatoms. The summed E-state index contributed by atoms with van der Waals surface area (Å²) in [5, 5.41) is 23.1. The van der Waals surface area contributed by atoms with Gasteiger partial charge in [-0.3, -0.25) is 14.2 Å². The Morgan fingerprint density at radius 2 is 1.83 bits per heavy atom. The van der Waals surface area contributed by atoms with Crippen LogP contribution in [-0.2, 0) is 4.79 Å². The molecule has 182 valence electrons. The van der Waals surface area contributed by atoms with Crippen LogP contribution in [0, 0.1) is 5.92 Å². The van der Waals surface area contributed by atoms with Crippen LogP contribution >= 0.6 is 0 Å². The van der Waals surface area contributed by atoms with E-state index in [1.165, 1.54) is 0 Å². The third-order valence-corrected chi connectivity index (χ3v) is 7.49. The van der Waals surface area contributed by atoms with E-state index >= 15 is 0 Å². The van der Waals surface area contributed by atoms with Gasteiger partial charge < -0.3 is 10.0 Å². The van der Waals surface area contributed by atoms with E-state index in [2.05, 4.69) is 35.3 Å². The number of fused-ring (bicyclic) bond motifs is 1. The summed E-state index contributed by atoms with van der Waals surface area (Å²) in [7, 11) is 0. The first kappa shape index (κ1) is 22.0. The zero-order valence-electron chi connectivity index (χ0n) is 20.0. The van der Waals surface area contributed by atoms with Gasteiger partial charge in [-0.25, -0.2) is 9.50 Å². The van der Waals surface area contributed by atoms with Crippen LogP contribution < -0.4 is 0 Å². The highest BCUT2D eigenvalue weighted by Gasteiger charge is 2.40. The van der Waals surface area contributed by atoms with Gasteiger partial charge in [-0.15, -0.1) is 0 Å². The fourth-order valence-electron chi connectivity index (χ4n) is 5.12. The highest BCUT2D eigenvalue weighted by molar-refractivity contribution is 5.81. The van der Waals surface area contributed by atoms with E-state index < -0.39 is 0 Å². The number of rotatable bonds is 7. The Bertz CT molecular complexity index is 1350. The first-order chi connectivity index (χ1) is 17.0. The Hall–Kier alpha value is -3.53. The Morgan fingerprint density at radius 3 is 2.57 bits per heavy atom. The number of aliphatic hydroxyl groups excluding tert-OH is 1. The molecule has 1 aliphatic heterocycles. The molecule has 0 aromatic carbocycles. The highest BCUT2D eigenvalue weighted by Crippen LogP contribution is 2.33. The van der Waals surface area contributed by atoms with Gasteiger partial charge in [-0.2, -0.15) is 15.3 Å². The van der Waals surface area contributed by atoms with Gasteiger partial charge in [-0.05, 0) is 31.7 Å². The summed E-state index contributed by atoms with van der Waals surface area (Å²) in [6.45, 7) is 5.66. The average molecular weight is 475 g/mol. The van der Waals surface area contributed by atoms with Crippen molar-refractivity contribution in [1.29, 1.82) is 0 Å². The molecule has 1 aliphatic carbocycles. The van der Waals surface area contributed by atoms with E-state index in [9.17, 15) is 9.90 Å². The third kappa shape index (κ3) is 3.81. The minimum absolute atomic E-state index is 0.0168. The van der Waals surface area contributed by atoms with Crippen LogP contribution in [0.25, 0.3) is 28.0 Å². The molecule has 1 saturated carbocycles. The molecular formula is C25H30N8O2. The number of aliphatic hydroxyl groups is 1. The predicted octanol–water partition coefficient (Wildman–Crippen LogP) is 2.97. The van der Waals surface area contributed by atoms with Gasteiger partial charge in [0.1, 0.15) is 0 Å². The number of aromatic nitrogens is 7. The molecule has 1 amide bonds. The summed E-state index contributed by atoms with van der Waals surface area (Å²) in [6, 6.07) is 2.49. The molecule has 5 heterocycles. The second kappa shape index (κ2) is 8.60. The van der Waals surface area contributed by atoms with Gasteiger partial charge in [0.2, 0.25) is 5.91 Å². The van der Waals surface area contributed by atoms with E-state index in [1.54, 1.807) is 6.20 Å². The molecule has 35 heavy (non-hydrogen) atoms. The number of amides is 1. The second-order valence-electron chi connectivity index (χ2n) is 9.74. The van der Waals surface area contributed by atoms with Crippen molar-refractivity contribution in [1.82, 2.24) is 39.1 Å². The van der Waals surface area contributed by atoms with Crippen LogP contribution in [0.1, 0.15) is 51.6 Å².